The van der Waals surface area contributed by atoms with Gasteiger partial charge in [-0.2, -0.15) is 0 Å². The van der Waals surface area contributed by atoms with Gasteiger partial charge in [0.05, 0.1) is 36.9 Å². The number of carbonyl (C=O) groups excluding carboxylic acids is 1. The molecule has 11 heteroatoms. The van der Waals surface area contributed by atoms with E-state index in [1.165, 1.54) is 6.08 Å². The van der Waals surface area contributed by atoms with Crippen LogP contribution in [0.1, 0.15) is 0 Å². The normalized spacial score (nSPS) is 15.6. The number of amides is 1. The highest BCUT2D eigenvalue weighted by Crippen LogP contribution is 2.28. The van der Waals surface area contributed by atoms with Crippen molar-refractivity contribution < 1.29 is 14.6 Å². The first-order valence-electron chi connectivity index (χ1n) is 13.0. The number of nitrogens with zero attached hydrogens (tertiary/aromatic N) is 6. The molecule has 1 aliphatic rings. The second-order valence-electron chi connectivity index (χ2n) is 9.68. The van der Waals surface area contributed by atoms with Crippen LogP contribution in [0.3, 0.4) is 0 Å². The van der Waals surface area contributed by atoms with E-state index in [-0.39, 0.29) is 18.6 Å². The smallest absolute Gasteiger partial charge is 0.248 e. The van der Waals surface area contributed by atoms with Crippen LogP contribution in [0.5, 0.6) is 0 Å². The highest BCUT2D eigenvalue weighted by atomic mass is 16.5. The first-order chi connectivity index (χ1) is 19.5. The zero-order valence-corrected chi connectivity index (χ0v) is 22.5. The molecule has 40 heavy (non-hydrogen) atoms. The number of pyridine rings is 2. The lowest BCUT2D eigenvalue weighted by molar-refractivity contribution is -0.111. The predicted octanol–water partition coefficient (Wildman–Crippen LogP) is 3.08. The second-order valence-corrected chi connectivity index (χ2v) is 9.68. The molecule has 0 bridgehead atoms. The molecule has 0 aliphatic carbocycles. The summed E-state index contributed by atoms with van der Waals surface area (Å²) in [5.41, 5.74) is 3.60. The number of aliphatic hydroxyl groups is 1. The van der Waals surface area contributed by atoms with Gasteiger partial charge in [0.1, 0.15) is 11.3 Å². The minimum Gasteiger partial charge on any atom is -0.394 e. The summed E-state index contributed by atoms with van der Waals surface area (Å²) in [4.78, 5) is 34.8. The van der Waals surface area contributed by atoms with Crippen LogP contribution in [0.25, 0.3) is 22.2 Å². The third-order valence-corrected chi connectivity index (χ3v) is 6.31. The molecule has 0 radical (unpaired) electrons. The van der Waals surface area contributed by atoms with Crippen LogP contribution in [-0.2, 0) is 9.53 Å². The van der Waals surface area contributed by atoms with Gasteiger partial charge >= 0.3 is 0 Å². The van der Waals surface area contributed by atoms with Crippen molar-refractivity contribution in [2.75, 3.05) is 62.5 Å². The van der Waals surface area contributed by atoms with E-state index >= 15 is 0 Å². The molecule has 1 aromatic carbocycles. The Labute approximate surface area is 232 Å². The molecule has 11 nitrogen and oxygen atoms in total. The van der Waals surface area contributed by atoms with Crippen LogP contribution in [0.4, 0.5) is 23.1 Å². The molecule has 1 atom stereocenters. The summed E-state index contributed by atoms with van der Waals surface area (Å²) in [6, 6.07) is 13.2. The van der Waals surface area contributed by atoms with E-state index < -0.39 is 0 Å². The number of aliphatic hydroxyl groups excluding tert-OH is 1. The Morgan fingerprint density at radius 1 is 1.15 bits per heavy atom. The molecule has 1 saturated heterocycles. The fourth-order valence-corrected chi connectivity index (χ4v) is 4.34. The highest BCUT2D eigenvalue weighted by Gasteiger charge is 2.20. The standard InChI is InChI=1S/C29H32N8O3/c1-36(2)12-4-7-26(39)33-22-6-3-5-20(15-22)27-28-21(10-11-30-27)16-32-29(35-28)34-23-8-9-25(31-17-23)37-13-14-40-24(18-37)19-38/h3-11,15-17,24,38H,12-14,18-19H2,1-2H3,(H,33,39)(H,32,34,35). The van der Waals surface area contributed by atoms with Gasteiger partial charge in [-0.1, -0.05) is 18.2 Å². The second kappa shape index (κ2) is 12.6. The lowest BCUT2D eigenvalue weighted by Gasteiger charge is -2.32. The first kappa shape index (κ1) is 27.1. The van der Waals surface area contributed by atoms with Crippen molar-refractivity contribution in [3.63, 3.8) is 0 Å². The fraction of sp³-hybridized carbons (Fsp3) is 0.276. The molecule has 1 aliphatic heterocycles. The maximum atomic E-state index is 12.3. The van der Waals surface area contributed by atoms with E-state index in [0.29, 0.717) is 42.5 Å². The number of morpholine rings is 1. The molecular formula is C29H32N8O3. The van der Waals surface area contributed by atoms with Gasteiger partial charge < -0.3 is 30.3 Å². The number of hydrogen-bond acceptors (Lipinski definition) is 10. The number of carbonyl (C=O) groups is 1. The van der Waals surface area contributed by atoms with Crippen LogP contribution < -0.4 is 15.5 Å². The average Bonchev–Trinajstić information content (AvgIpc) is 2.97. The van der Waals surface area contributed by atoms with Crippen molar-refractivity contribution in [1.29, 1.82) is 0 Å². The Balaban J connectivity index is 1.33. The number of benzene rings is 1. The minimum atomic E-state index is -0.205. The average molecular weight is 541 g/mol. The minimum absolute atomic E-state index is 0.0143. The largest absolute Gasteiger partial charge is 0.394 e. The number of likely N-dealkylation sites (N-methyl/N-ethyl adjacent to an activating group) is 1. The van der Waals surface area contributed by atoms with Crippen molar-refractivity contribution in [3.05, 3.63) is 73.2 Å². The Bertz CT molecular complexity index is 1490. The number of hydrogen-bond donors (Lipinski definition) is 3. The van der Waals surface area contributed by atoms with Crippen molar-refractivity contribution in [2.24, 2.45) is 0 Å². The molecular weight excluding hydrogens is 508 g/mol. The third-order valence-electron chi connectivity index (χ3n) is 6.31. The maximum Gasteiger partial charge on any atom is 0.248 e. The van der Waals surface area contributed by atoms with Crippen LogP contribution in [0, 0.1) is 0 Å². The van der Waals surface area contributed by atoms with E-state index in [2.05, 4.69) is 30.5 Å². The zero-order valence-electron chi connectivity index (χ0n) is 22.5. The van der Waals surface area contributed by atoms with E-state index in [0.717, 1.165) is 29.0 Å². The van der Waals surface area contributed by atoms with Crippen LogP contribution in [0.15, 0.2) is 73.2 Å². The van der Waals surface area contributed by atoms with Crippen molar-refractivity contribution in [3.8, 4) is 11.3 Å². The van der Waals surface area contributed by atoms with Gasteiger partial charge in [-0.05, 0) is 44.4 Å². The number of rotatable bonds is 9. The molecule has 0 spiro atoms. The van der Waals surface area contributed by atoms with E-state index in [1.807, 2.05) is 67.5 Å². The number of nitrogens with one attached hydrogen (secondary N) is 2. The number of fused-ring (bicyclic) bond motifs is 1. The van der Waals surface area contributed by atoms with Crippen molar-refractivity contribution >= 4 is 40.0 Å². The molecule has 3 N–H and O–H groups in total. The Morgan fingerprint density at radius 3 is 2.85 bits per heavy atom. The number of anilines is 4. The maximum absolute atomic E-state index is 12.3. The summed E-state index contributed by atoms with van der Waals surface area (Å²) in [7, 11) is 3.89. The van der Waals surface area contributed by atoms with Gasteiger partial charge in [0, 0.05) is 54.7 Å². The number of ether oxygens (including phenoxy) is 1. The highest BCUT2D eigenvalue weighted by molar-refractivity contribution is 6.00. The molecule has 1 amide bonds. The Hall–Kier alpha value is -4.45. The Kier molecular flexibility index (Phi) is 8.55. The lowest BCUT2D eigenvalue weighted by atomic mass is 10.1. The van der Waals surface area contributed by atoms with Gasteiger partial charge in [0.25, 0.3) is 0 Å². The summed E-state index contributed by atoms with van der Waals surface area (Å²) in [5, 5.41) is 16.4. The van der Waals surface area contributed by atoms with E-state index in [9.17, 15) is 9.90 Å². The quantitative estimate of drug-likeness (QED) is 0.273. The predicted molar refractivity (Wildman–Crippen MR) is 156 cm³/mol. The molecule has 1 unspecified atom stereocenters. The van der Waals surface area contributed by atoms with Crippen LogP contribution in [0.2, 0.25) is 0 Å². The van der Waals surface area contributed by atoms with Crippen molar-refractivity contribution in [2.45, 2.75) is 6.10 Å². The SMILES string of the molecule is CN(C)CC=CC(=O)Nc1cccc(-c2nccc3cnc(Nc4ccc(N5CCOC(CO)C5)nc4)nc23)c1. The first-order valence-corrected chi connectivity index (χ1v) is 13.0. The van der Waals surface area contributed by atoms with E-state index in [4.69, 9.17) is 9.72 Å². The zero-order chi connectivity index (χ0) is 27.9. The lowest BCUT2D eigenvalue weighted by Crippen LogP contribution is -2.44. The van der Waals surface area contributed by atoms with Gasteiger partial charge in [-0.25, -0.2) is 15.0 Å². The summed E-state index contributed by atoms with van der Waals surface area (Å²) in [6.45, 7) is 2.54. The van der Waals surface area contributed by atoms with Crippen LogP contribution in [-0.4, -0.2) is 88.9 Å². The van der Waals surface area contributed by atoms with Gasteiger partial charge in [0.2, 0.25) is 11.9 Å². The summed E-state index contributed by atoms with van der Waals surface area (Å²) in [5.74, 6) is 1.04. The van der Waals surface area contributed by atoms with Crippen molar-refractivity contribution in [1.82, 2.24) is 24.8 Å². The molecule has 1 fully saturated rings. The summed E-state index contributed by atoms with van der Waals surface area (Å²) < 4.78 is 5.53. The number of aromatic nitrogens is 4. The molecule has 206 valence electrons. The van der Waals surface area contributed by atoms with Crippen LogP contribution >= 0.6 is 0 Å². The monoisotopic (exact) mass is 540 g/mol. The molecule has 3 aromatic heterocycles. The van der Waals surface area contributed by atoms with Gasteiger partial charge in [0.15, 0.2) is 0 Å². The Morgan fingerprint density at radius 2 is 2.05 bits per heavy atom. The van der Waals surface area contributed by atoms with Gasteiger partial charge in [-0.15, -0.1) is 0 Å². The topological polar surface area (TPSA) is 129 Å². The molecule has 4 heterocycles. The third kappa shape index (κ3) is 6.75. The van der Waals surface area contributed by atoms with E-state index in [1.54, 1.807) is 18.6 Å². The molecule has 4 aromatic rings. The molecule has 0 saturated carbocycles. The van der Waals surface area contributed by atoms with Gasteiger partial charge in [-0.3, -0.25) is 9.78 Å². The summed E-state index contributed by atoms with van der Waals surface area (Å²) >= 11 is 0. The fourth-order valence-electron chi connectivity index (χ4n) is 4.34. The molecule has 5 rings (SSSR count). The summed E-state index contributed by atoms with van der Waals surface area (Å²) in [6.07, 6.45) is 8.34.